The van der Waals surface area contributed by atoms with Crippen LogP contribution in [0.2, 0.25) is 0 Å². The molecular weight excluding hydrogens is 472 g/mol. The fourth-order valence-corrected chi connectivity index (χ4v) is 4.86. The summed E-state index contributed by atoms with van der Waals surface area (Å²) < 4.78 is 0. The number of aliphatic hydroxyl groups excluding tert-OH is 1. The molecule has 1 aliphatic rings. The fraction of sp³-hybridized carbons (Fsp3) is 0.464. The van der Waals surface area contributed by atoms with Gasteiger partial charge in [-0.15, -0.1) is 0 Å². The summed E-state index contributed by atoms with van der Waals surface area (Å²) in [5.41, 5.74) is 1.86. The summed E-state index contributed by atoms with van der Waals surface area (Å²) in [5.74, 6) is -0.406. The van der Waals surface area contributed by atoms with Gasteiger partial charge in [0, 0.05) is 19.1 Å². The van der Waals surface area contributed by atoms with E-state index in [1.54, 1.807) is 4.90 Å². The lowest BCUT2D eigenvalue weighted by Gasteiger charge is -2.37. The molecule has 2 aromatic carbocycles. The molecule has 200 valence electrons. The number of carbonyl (C=O) groups excluding carboxylic acids is 2. The SMILES string of the molecule is CC(C)[C@@H](C(=O)N[C@@H](Cc1ccccc1)C[C@@H](O)[C@H](Cc1ccccc1)NC(=O)O)N1CCCNC1=O. The number of hydrogen-bond acceptors (Lipinski definition) is 4. The second-order valence-corrected chi connectivity index (χ2v) is 9.91. The Morgan fingerprint density at radius 3 is 2.11 bits per heavy atom. The van der Waals surface area contributed by atoms with Gasteiger partial charge in [-0.2, -0.15) is 0 Å². The van der Waals surface area contributed by atoms with Crippen molar-refractivity contribution < 1.29 is 24.6 Å². The van der Waals surface area contributed by atoms with Gasteiger partial charge in [-0.3, -0.25) is 4.79 Å². The van der Waals surface area contributed by atoms with Crippen LogP contribution in [0.15, 0.2) is 60.7 Å². The maximum Gasteiger partial charge on any atom is 0.404 e. The molecule has 0 bridgehead atoms. The molecule has 0 saturated carbocycles. The number of nitrogens with one attached hydrogen (secondary N) is 3. The van der Waals surface area contributed by atoms with Crippen LogP contribution in [-0.4, -0.2) is 70.5 Å². The van der Waals surface area contributed by atoms with Crippen molar-refractivity contribution in [3.05, 3.63) is 71.8 Å². The maximum absolute atomic E-state index is 13.5. The number of nitrogens with zero attached hydrogens (tertiary/aromatic N) is 1. The third kappa shape index (κ3) is 8.49. The molecule has 0 unspecified atom stereocenters. The number of rotatable bonds is 12. The molecule has 3 rings (SSSR count). The molecule has 0 aromatic heterocycles. The van der Waals surface area contributed by atoms with Crippen LogP contribution in [0.3, 0.4) is 0 Å². The van der Waals surface area contributed by atoms with Crippen molar-refractivity contribution >= 4 is 18.0 Å². The lowest BCUT2D eigenvalue weighted by Crippen LogP contribution is -2.59. The first-order chi connectivity index (χ1) is 17.7. The number of urea groups is 1. The largest absolute Gasteiger partial charge is 0.465 e. The zero-order chi connectivity index (χ0) is 26.8. The highest BCUT2D eigenvalue weighted by atomic mass is 16.4. The first kappa shape index (κ1) is 28.0. The molecule has 9 heteroatoms. The number of carbonyl (C=O) groups is 3. The van der Waals surface area contributed by atoms with Crippen LogP contribution in [0.5, 0.6) is 0 Å². The Kier molecular flexibility index (Phi) is 10.3. The number of aliphatic hydroxyl groups is 1. The predicted molar refractivity (Wildman–Crippen MR) is 141 cm³/mol. The standard InChI is InChI=1S/C28H38N4O5/c1-19(2)25(32-15-9-14-29-27(32)35)26(34)30-22(16-20-10-5-3-6-11-20)18-24(33)23(31-28(36)37)17-21-12-7-4-8-13-21/h3-8,10-13,19,22-25,31,33H,9,14-18H2,1-2H3,(H,29,35)(H,30,34)(H,36,37)/t22-,23-,24+,25-/m0/s1. The summed E-state index contributed by atoms with van der Waals surface area (Å²) in [6, 6.07) is 16.8. The van der Waals surface area contributed by atoms with Gasteiger partial charge in [-0.1, -0.05) is 74.5 Å². The number of benzene rings is 2. The van der Waals surface area contributed by atoms with Crippen molar-refractivity contribution in [2.45, 2.75) is 63.8 Å². The van der Waals surface area contributed by atoms with Crippen molar-refractivity contribution in [1.82, 2.24) is 20.9 Å². The van der Waals surface area contributed by atoms with Gasteiger partial charge in [0.25, 0.3) is 0 Å². The van der Waals surface area contributed by atoms with E-state index < -0.39 is 30.3 Å². The Bertz CT molecular complexity index is 1020. The van der Waals surface area contributed by atoms with Crippen molar-refractivity contribution in [3.63, 3.8) is 0 Å². The third-order valence-corrected chi connectivity index (χ3v) is 6.62. The van der Waals surface area contributed by atoms with E-state index in [0.717, 1.165) is 17.5 Å². The molecule has 1 saturated heterocycles. The van der Waals surface area contributed by atoms with Crippen molar-refractivity contribution in [2.75, 3.05) is 13.1 Å². The quantitative estimate of drug-likeness (QED) is 0.300. The lowest BCUT2D eigenvalue weighted by atomic mass is 9.93. The van der Waals surface area contributed by atoms with Gasteiger partial charge in [-0.05, 0) is 42.7 Å². The molecular formula is C28H38N4O5. The molecule has 4 amide bonds. The van der Waals surface area contributed by atoms with E-state index in [0.29, 0.717) is 25.9 Å². The van der Waals surface area contributed by atoms with Crippen molar-refractivity contribution in [3.8, 4) is 0 Å². The van der Waals surface area contributed by atoms with Crippen LogP contribution < -0.4 is 16.0 Å². The monoisotopic (exact) mass is 510 g/mol. The van der Waals surface area contributed by atoms with Gasteiger partial charge < -0.3 is 31.1 Å². The van der Waals surface area contributed by atoms with E-state index in [-0.39, 0.29) is 24.3 Å². The van der Waals surface area contributed by atoms with E-state index in [1.807, 2.05) is 74.5 Å². The van der Waals surface area contributed by atoms with Crippen LogP contribution in [0.25, 0.3) is 0 Å². The molecule has 5 N–H and O–H groups in total. The molecule has 9 nitrogen and oxygen atoms in total. The summed E-state index contributed by atoms with van der Waals surface area (Å²) in [7, 11) is 0. The predicted octanol–water partition coefficient (Wildman–Crippen LogP) is 2.78. The lowest BCUT2D eigenvalue weighted by molar-refractivity contribution is -0.128. The molecule has 2 aromatic rings. The summed E-state index contributed by atoms with van der Waals surface area (Å²) >= 11 is 0. The Morgan fingerprint density at radius 2 is 1.57 bits per heavy atom. The minimum Gasteiger partial charge on any atom is -0.465 e. The van der Waals surface area contributed by atoms with Gasteiger partial charge >= 0.3 is 12.1 Å². The third-order valence-electron chi connectivity index (χ3n) is 6.62. The van der Waals surface area contributed by atoms with Crippen molar-refractivity contribution in [2.24, 2.45) is 5.92 Å². The average molecular weight is 511 g/mol. The summed E-state index contributed by atoms with van der Waals surface area (Å²) in [5, 5.41) is 28.9. The summed E-state index contributed by atoms with van der Waals surface area (Å²) in [6.45, 7) is 4.89. The highest BCUT2D eigenvalue weighted by Crippen LogP contribution is 2.18. The van der Waals surface area contributed by atoms with E-state index in [4.69, 9.17) is 0 Å². The van der Waals surface area contributed by atoms with Gasteiger partial charge in [0.2, 0.25) is 5.91 Å². The zero-order valence-electron chi connectivity index (χ0n) is 21.5. The van der Waals surface area contributed by atoms with E-state index in [1.165, 1.54) is 0 Å². The number of amides is 4. The van der Waals surface area contributed by atoms with Gasteiger partial charge in [-0.25, -0.2) is 9.59 Å². The normalized spacial score (nSPS) is 16.9. The Balaban J connectivity index is 1.79. The molecule has 1 aliphatic heterocycles. The smallest absolute Gasteiger partial charge is 0.404 e. The number of hydrogen-bond donors (Lipinski definition) is 5. The molecule has 37 heavy (non-hydrogen) atoms. The molecule has 0 radical (unpaired) electrons. The first-order valence-corrected chi connectivity index (χ1v) is 12.8. The molecule has 4 atom stereocenters. The first-order valence-electron chi connectivity index (χ1n) is 12.8. The van der Waals surface area contributed by atoms with Gasteiger partial charge in [0.1, 0.15) is 6.04 Å². The molecule has 0 aliphatic carbocycles. The van der Waals surface area contributed by atoms with E-state index in [9.17, 15) is 24.6 Å². The highest BCUT2D eigenvalue weighted by molar-refractivity contribution is 5.87. The van der Waals surface area contributed by atoms with Crippen LogP contribution >= 0.6 is 0 Å². The molecule has 1 heterocycles. The highest BCUT2D eigenvalue weighted by Gasteiger charge is 2.35. The Labute approximate surface area is 218 Å². The van der Waals surface area contributed by atoms with Crippen LogP contribution in [-0.2, 0) is 17.6 Å². The van der Waals surface area contributed by atoms with Crippen LogP contribution in [0.4, 0.5) is 9.59 Å². The fourth-order valence-electron chi connectivity index (χ4n) is 4.86. The van der Waals surface area contributed by atoms with E-state index >= 15 is 0 Å². The molecule has 0 spiro atoms. The van der Waals surface area contributed by atoms with Gasteiger partial charge in [0.15, 0.2) is 0 Å². The van der Waals surface area contributed by atoms with Crippen LogP contribution in [0, 0.1) is 5.92 Å². The maximum atomic E-state index is 13.5. The zero-order valence-corrected chi connectivity index (χ0v) is 21.5. The summed E-state index contributed by atoms with van der Waals surface area (Å²) in [6.07, 6.45) is -0.624. The summed E-state index contributed by atoms with van der Waals surface area (Å²) in [4.78, 5) is 39.1. The minimum atomic E-state index is -1.22. The van der Waals surface area contributed by atoms with E-state index in [2.05, 4.69) is 16.0 Å². The molecule has 1 fully saturated rings. The topological polar surface area (TPSA) is 131 Å². The second kappa shape index (κ2) is 13.6. The minimum absolute atomic E-state index is 0.120. The number of carboxylic acid groups (broad SMARTS) is 1. The Hall–Kier alpha value is -3.59. The van der Waals surface area contributed by atoms with Crippen molar-refractivity contribution in [1.29, 1.82) is 0 Å². The Morgan fingerprint density at radius 1 is 0.973 bits per heavy atom. The average Bonchev–Trinajstić information content (AvgIpc) is 2.85. The van der Waals surface area contributed by atoms with Gasteiger partial charge in [0.05, 0.1) is 12.1 Å². The van der Waals surface area contributed by atoms with Crippen LogP contribution in [0.1, 0.15) is 37.8 Å². The second-order valence-electron chi connectivity index (χ2n) is 9.91.